The fourth-order valence-corrected chi connectivity index (χ4v) is 3.73. The molecule has 0 atom stereocenters. The molecule has 0 aliphatic rings. The zero-order valence-electron chi connectivity index (χ0n) is 17.0. The molecule has 7 nitrogen and oxygen atoms in total. The number of hydrogen-bond acceptors (Lipinski definition) is 5. The van der Waals surface area contributed by atoms with Crippen LogP contribution in [0.15, 0.2) is 23.7 Å². The first-order chi connectivity index (χ1) is 14.6. The van der Waals surface area contributed by atoms with Crippen LogP contribution in [-0.4, -0.2) is 32.9 Å². The molecule has 0 radical (unpaired) electrons. The predicted octanol–water partition coefficient (Wildman–Crippen LogP) is 4.03. The molecule has 11 heteroatoms. The summed E-state index contributed by atoms with van der Waals surface area (Å²) >= 11 is 1.44. The lowest BCUT2D eigenvalue weighted by atomic mass is 10.1. The first-order valence-electron chi connectivity index (χ1n) is 9.65. The van der Waals surface area contributed by atoms with Gasteiger partial charge < -0.3 is 15.6 Å². The summed E-state index contributed by atoms with van der Waals surface area (Å²) in [5.74, 6) is -0.177. The van der Waals surface area contributed by atoms with E-state index in [1.54, 1.807) is 23.7 Å². The summed E-state index contributed by atoms with van der Waals surface area (Å²) in [6, 6.07) is 5.24. The number of benzene rings is 1. The highest BCUT2D eigenvalue weighted by Crippen LogP contribution is 2.23. The van der Waals surface area contributed by atoms with Gasteiger partial charge in [0.2, 0.25) is 5.91 Å². The molecule has 2 amide bonds. The Bertz CT molecular complexity index is 1070. The Kier molecular flexibility index (Phi) is 6.94. The Labute approximate surface area is 180 Å². The standard InChI is InChI=1S/C20H22F3N5O2S/c1-11(2)18-17(26-10-31-18)19(30)25-9-15-27-13-4-3-12(7-14(13)28-15)8-24-16(29)5-6-20(21,22)23/h3-4,7,10-11H,5-6,8-9H2,1-2H3,(H,24,29)(H,25,30)(H,27,28). The van der Waals surface area contributed by atoms with Crippen LogP contribution in [0.2, 0.25) is 0 Å². The van der Waals surface area contributed by atoms with Gasteiger partial charge in [-0.05, 0) is 23.6 Å². The van der Waals surface area contributed by atoms with Gasteiger partial charge in [0.25, 0.3) is 5.91 Å². The van der Waals surface area contributed by atoms with Gasteiger partial charge in [-0.2, -0.15) is 13.2 Å². The molecule has 0 aliphatic heterocycles. The van der Waals surface area contributed by atoms with Crippen molar-refractivity contribution in [3.63, 3.8) is 0 Å². The number of fused-ring (bicyclic) bond motifs is 1. The lowest BCUT2D eigenvalue weighted by Crippen LogP contribution is -2.24. The third kappa shape index (κ3) is 6.27. The van der Waals surface area contributed by atoms with E-state index in [1.165, 1.54) is 11.3 Å². The van der Waals surface area contributed by atoms with Gasteiger partial charge in [0.05, 0.1) is 29.5 Å². The molecule has 0 saturated heterocycles. The summed E-state index contributed by atoms with van der Waals surface area (Å²) in [6.07, 6.45) is -6.10. The van der Waals surface area contributed by atoms with Crippen LogP contribution in [-0.2, 0) is 17.9 Å². The van der Waals surface area contributed by atoms with Gasteiger partial charge in [-0.25, -0.2) is 9.97 Å². The van der Waals surface area contributed by atoms with Crippen molar-refractivity contribution in [2.45, 2.75) is 51.9 Å². The number of carbonyl (C=O) groups is 2. The van der Waals surface area contributed by atoms with E-state index >= 15 is 0 Å². The van der Waals surface area contributed by atoms with Crippen molar-refractivity contribution in [1.82, 2.24) is 25.6 Å². The van der Waals surface area contributed by atoms with Crippen LogP contribution in [0, 0.1) is 0 Å². The molecule has 1 aromatic carbocycles. The molecule has 0 bridgehead atoms. The van der Waals surface area contributed by atoms with Gasteiger partial charge in [-0.1, -0.05) is 19.9 Å². The van der Waals surface area contributed by atoms with Crippen LogP contribution < -0.4 is 10.6 Å². The summed E-state index contributed by atoms with van der Waals surface area (Å²) < 4.78 is 36.6. The van der Waals surface area contributed by atoms with E-state index in [0.717, 1.165) is 10.4 Å². The van der Waals surface area contributed by atoms with E-state index in [4.69, 9.17) is 0 Å². The second-order valence-corrected chi connectivity index (χ2v) is 8.22. The quantitative estimate of drug-likeness (QED) is 0.479. The van der Waals surface area contributed by atoms with Crippen molar-refractivity contribution in [2.24, 2.45) is 0 Å². The fraction of sp³-hybridized carbons (Fsp3) is 0.400. The Hall–Kier alpha value is -2.95. The van der Waals surface area contributed by atoms with Crippen molar-refractivity contribution in [3.05, 3.63) is 45.7 Å². The van der Waals surface area contributed by atoms with E-state index in [9.17, 15) is 22.8 Å². The van der Waals surface area contributed by atoms with Crippen LogP contribution in [0.5, 0.6) is 0 Å². The number of aromatic nitrogens is 3. The number of thiazole rings is 1. The number of carbonyl (C=O) groups excluding carboxylic acids is 2. The normalized spacial score (nSPS) is 11.8. The third-order valence-corrected chi connectivity index (χ3v) is 5.60. The van der Waals surface area contributed by atoms with Gasteiger partial charge in [0, 0.05) is 17.8 Å². The molecule has 0 spiro atoms. The minimum Gasteiger partial charge on any atom is -0.352 e. The van der Waals surface area contributed by atoms with Crippen LogP contribution in [0.4, 0.5) is 13.2 Å². The second kappa shape index (κ2) is 9.46. The Balaban J connectivity index is 1.57. The topological polar surface area (TPSA) is 99.8 Å². The smallest absolute Gasteiger partial charge is 0.352 e. The largest absolute Gasteiger partial charge is 0.389 e. The van der Waals surface area contributed by atoms with Gasteiger partial charge in [-0.3, -0.25) is 9.59 Å². The maximum atomic E-state index is 12.4. The fourth-order valence-electron chi connectivity index (χ4n) is 2.93. The molecule has 166 valence electrons. The molecule has 0 fully saturated rings. The molecule has 0 aliphatic carbocycles. The summed E-state index contributed by atoms with van der Waals surface area (Å²) in [4.78, 5) is 36.6. The minimum atomic E-state index is -4.35. The average molecular weight is 453 g/mol. The van der Waals surface area contributed by atoms with E-state index in [0.29, 0.717) is 22.6 Å². The number of imidazole rings is 1. The van der Waals surface area contributed by atoms with Crippen molar-refractivity contribution < 1.29 is 22.8 Å². The highest BCUT2D eigenvalue weighted by atomic mass is 32.1. The maximum Gasteiger partial charge on any atom is 0.389 e. The number of aromatic amines is 1. The third-order valence-electron chi connectivity index (χ3n) is 4.47. The van der Waals surface area contributed by atoms with Crippen LogP contribution in [0.3, 0.4) is 0 Å². The summed E-state index contributed by atoms with van der Waals surface area (Å²) in [7, 11) is 0. The Morgan fingerprint density at radius 3 is 2.68 bits per heavy atom. The van der Waals surface area contributed by atoms with Gasteiger partial charge >= 0.3 is 6.18 Å². The molecular formula is C20H22F3N5O2S. The van der Waals surface area contributed by atoms with Crippen molar-refractivity contribution >= 4 is 34.2 Å². The van der Waals surface area contributed by atoms with Crippen LogP contribution >= 0.6 is 11.3 Å². The molecule has 0 saturated carbocycles. The zero-order chi connectivity index (χ0) is 22.6. The number of halogens is 3. The highest BCUT2D eigenvalue weighted by molar-refractivity contribution is 7.10. The second-order valence-electron chi connectivity index (χ2n) is 7.33. The summed E-state index contributed by atoms with van der Waals surface area (Å²) in [6.45, 7) is 4.30. The number of amides is 2. The van der Waals surface area contributed by atoms with Crippen LogP contribution in [0.1, 0.15) is 59.4 Å². The average Bonchev–Trinajstić information content (AvgIpc) is 3.34. The minimum absolute atomic E-state index is 0.111. The molecule has 3 aromatic rings. The number of hydrogen-bond donors (Lipinski definition) is 3. The number of nitrogens with one attached hydrogen (secondary N) is 3. The molecule has 0 unspecified atom stereocenters. The lowest BCUT2D eigenvalue weighted by Gasteiger charge is -2.07. The maximum absolute atomic E-state index is 12.4. The Morgan fingerprint density at radius 1 is 1.19 bits per heavy atom. The van der Waals surface area contributed by atoms with Gasteiger partial charge in [0.1, 0.15) is 11.5 Å². The number of H-pyrrole nitrogens is 1. The summed E-state index contributed by atoms with van der Waals surface area (Å²) in [5.41, 5.74) is 4.15. The SMILES string of the molecule is CC(C)c1scnc1C(=O)NCc1nc2ccc(CNC(=O)CCC(F)(F)F)cc2[nH]1. The van der Waals surface area contributed by atoms with E-state index in [1.807, 2.05) is 13.8 Å². The van der Waals surface area contributed by atoms with E-state index in [-0.39, 0.29) is 24.9 Å². The molecular weight excluding hydrogens is 431 g/mol. The molecule has 3 rings (SSSR count). The highest BCUT2D eigenvalue weighted by Gasteiger charge is 2.27. The number of alkyl halides is 3. The lowest BCUT2D eigenvalue weighted by molar-refractivity contribution is -0.144. The van der Waals surface area contributed by atoms with E-state index < -0.39 is 24.9 Å². The first kappa shape index (κ1) is 22.7. The summed E-state index contributed by atoms with van der Waals surface area (Å²) in [5, 5.41) is 5.28. The van der Waals surface area contributed by atoms with Crippen molar-refractivity contribution in [2.75, 3.05) is 0 Å². The Morgan fingerprint density at radius 2 is 1.97 bits per heavy atom. The molecule has 2 heterocycles. The molecule has 2 aromatic heterocycles. The molecule has 3 N–H and O–H groups in total. The first-order valence-corrected chi connectivity index (χ1v) is 10.5. The van der Waals surface area contributed by atoms with Crippen molar-refractivity contribution in [3.8, 4) is 0 Å². The van der Waals surface area contributed by atoms with Gasteiger partial charge in [-0.15, -0.1) is 11.3 Å². The number of nitrogens with zero attached hydrogens (tertiary/aromatic N) is 2. The van der Waals surface area contributed by atoms with Gasteiger partial charge in [0.15, 0.2) is 0 Å². The predicted molar refractivity (Wildman–Crippen MR) is 111 cm³/mol. The zero-order valence-corrected chi connectivity index (χ0v) is 17.8. The monoisotopic (exact) mass is 453 g/mol. The number of rotatable bonds is 8. The van der Waals surface area contributed by atoms with Crippen LogP contribution in [0.25, 0.3) is 11.0 Å². The van der Waals surface area contributed by atoms with Crippen molar-refractivity contribution in [1.29, 1.82) is 0 Å². The molecule has 31 heavy (non-hydrogen) atoms. The van der Waals surface area contributed by atoms with E-state index in [2.05, 4.69) is 25.6 Å².